The number of imidazole rings is 1. The first-order valence-corrected chi connectivity index (χ1v) is 10.7. The third kappa shape index (κ3) is 3.79. The second kappa shape index (κ2) is 8.26. The third-order valence-corrected chi connectivity index (χ3v) is 6.01. The Morgan fingerprint density at radius 2 is 1.81 bits per heavy atom. The minimum Gasteiger partial charge on any atom is -0.497 e. The van der Waals surface area contributed by atoms with Gasteiger partial charge in [-0.05, 0) is 36.2 Å². The molecule has 0 radical (unpaired) electrons. The van der Waals surface area contributed by atoms with Gasteiger partial charge in [0.15, 0.2) is 0 Å². The van der Waals surface area contributed by atoms with Gasteiger partial charge >= 0.3 is 0 Å². The first-order valence-electron chi connectivity index (χ1n) is 10.7. The predicted octanol–water partition coefficient (Wildman–Crippen LogP) is 4.81. The highest BCUT2D eigenvalue weighted by molar-refractivity contribution is 5.96. The van der Waals surface area contributed by atoms with Crippen LogP contribution in [0.15, 0.2) is 78.9 Å². The van der Waals surface area contributed by atoms with Crippen molar-refractivity contribution in [2.45, 2.75) is 25.3 Å². The highest BCUT2D eigenvalue weighted by Crippen LogP contribution is 2.34. The fourth-order valence-corrected chi connectivity index (χ4v) is 4.43. The van der Waals surface area contributed by atoms with Crippen molar-refractivity contribution in [1.29, 1.82) is 0 Å². The summed E-state index contributed by atoms with van der Waals surface area (Å²) in [5.74, 6) is 1.93. The summed E-state index contributed by atoms with van der Waals surface area (Å²) in [5, 5.41) is 0. The maximum atomic E-state index is 12.9. The molecule has 4 aromatic rings. The van der Waals surface area contributed by atoms with E-state index in [0.29, 0.717) is 13.0 Å². The average molecular weight is 412 g/mol. The SMILES string of the molecule is COc1cccc(N2C[C@H](c3nc4ccccc4n3CCc3ccccc3)CC2=O)c1. The predicted molar refractivity (Wildman–Crippen MR) is 123 cm³/mol. The lowest BCUT2D eigenvalue weighted by Crippen LogP contribution is -2.24. The first kappa shape index (κ1) is 19.4. The summed E-state index contributed by atoms with van der Waals surface area (Å²) in [4.78, 5) is 19.7. The molecular weight excluding hydrogens is 386 g/mol. The van der Waals surface area contributed by atoms with Gasteiger partial charge in [0.25, 0.3) is 0 Å². The molecule has 0 aliphatic carbocycles. The fourth-order valence-electron chi connectivity index (χ4n) is 4.43. The molecule has 0 saturated carbocycles. The molecule has 1 aromatic heterocycles. The number of para-hydroxylation sites is 2. The maximum absolute atomic E-state index is 12.9. The molecule has 1 aliphatic rings. The highest BCUT2D eigenvalue weighted by Gasteiger charge is 2.35. The number of carbonyl (C=O) groups excluding carboxylic acids is 1. The van der Waals surface area contributed by atoms with Crippen LogP contribution in [0, 0.1) is 0 Å². The van der Waals surface area contributed by atoms with E-state index in [1.807, 2.05) is 41.3 Å². The normalized spacial score (nSPS) is 16.2. The average Bonchev–Trinajstić information content (AvgIpc) is 3.39. The Labute approximate surface area is 181 Å². The van der Waals surface area contributed by atoms with Gasteiger partial charge < -0.3 is 14.2 Å². The number of rotatable bonds is 6. The Kier molecular flexibility index (Phi) is 5.16. The Bertz CT molecular complexity index is 1220. The van der Waals surface area contributed by atoms with Crippen LogP contribution < -0.4 is 9.64 Å². The van der Waals surface area contributed by atoms with Gasteiger partial charge in [0, 0.05) is 37.2 Å². The molecule has 1 atom stereocenters. The lowest BCUT2D eigenvalue weighted by Gasteiger charge is -2.18. The smallest absolute Gasteiger partial charge is 0.227 e. The number of aryl methyl sites for hydroxylation is 2. The van der Waals surface area contributed by atoms with Crippen molar-refractivity contribution in [1.82, 2.24) is 9.55 Å². The van der Waals surface area contributed by atoms with E-state index in [1.165, 1.54) is 5.56 Å². The van der Waals surface area contributed by atoms with Gasteiger partial charge in [-0.2, -0.15) is 0 Å². The van der Waals surface area contributed by atoms with Gasteiger partial charge in [-0.1, -0.05) is 48.5 Å². The van der Waals surface area contributed by atoms with E-state index in [9.17, 15) is 4.79 Å². The van der Waals surface area contributed by atoms with Crippen LogP contribution in [0.1, 0.15) is 23.7 Å². The quantitative estimate of drug-likeness (QED) is 0.458. The number of hydrogen-bond donors (Lipinski definition) is 0. The second-order valence-electron chi connectivity index (χ2n) is 7.95. The molecule has 1 amide bonds. The van der Waals surface area contributed by atoms with Crippen LogP contribution >= 0.6 is 0 Å². The molecule has 5 heteroatoms. The van der Waals surface area contributed by atoms with E-state index in [1.54, 1.807) is 7.11 Å². The van der Waals surface area contributed by atoms with E-state index in [2.05, 4.69) is 47.0 Å². The number of benzene rings is 3. The molecule has 1 aliphatic heterocycles. The van der Waals surface area contributed by atoms with E-state index >= 15 is 0 Å². The molecule has 0 bridgehead atoms. The van der Waals surface area contributed by atoms with Crippen molar-refractivity contribution in [3.05, 3.63) is 90.3 Å². The Morgan fingerprint density at radius 1 is 1.00 bits per heavy atom. The van der Waals surface area contributed by atoms with Gasteiger partial charge in [-0.15, -0.1) is 0 Å². The van der Waals surface area contributed by atoms with Crippen LogP contribution in [0.2, 0.25) is 0 Å². The number of ether oxygens (including phenoxy) is 1. The molecule has 1 saturated heterocycles. The zero-order chi connectivity index (χ0) is 21.2. The molecule has 5 nitrogen and oxygen atoms in total. The minimum atomic E-state index is 0.0573. The summed E-state index contributed by atoms with van der Waals surface area (Å²) in [6.07, 6.45) is 1.39. The second-order valence-corrected chi connectivity index (χ2v) is 7.95. The molecule has 5 rings (SSSR count). The molecule has 31 heavy (non-hydrogen) atoms. The number of carbonyl (C=O) groups is 1. The van der Waals surface area contributed by atoms with E-state index in [-0.39, 0.29) is 11.8 Å². The summed E-state index contributed by atoms with van der Waals surface area (Å²) < 4.78 is 7.64. The van der Waals surface area contributed by atoms with Gasteiger partial charge in [-0.3, -0.25) is 4.79 Å². The van der Waals surface area contributed by atoms with E-state index < -0.39 is 0 Å². The minimum absolute atomic E-state index is 0.0573. The summed E-state index contributed by atoms with van der Waals surface area (Å²) >= 11 is 0. The van der Waals surface area contributed by atoms with Crippen molar-refractivity contribution in [2.24, 2.45) is 0 Å². The zero-order valence-corrected chi connectivity index (χ0v) is 17.6. The first-order chi connectivity index (χ1) is 15.2. The van der Waals surface area contributed by atoms with Gasteiger partial charge in [-0.25, -0.2) is 4.98 Å². The molecule has 2 heterocycles. The number of nitrogens with zero attached hydrogens (tertiary/aromatic N) is 3. The number of amides is 1. The lowest BCUT2D eigenvalue weighted by molar-refractivity contribution is -0.117. The Morgan fingerprint density at radius 3 is 2.65 bits per heavy atom. The monoisotopic (exact) mass is 411 g/mol. The molecule has 0 spiro atoms. The third-order valence-electron chi connectivity index (χ3n) is 6.01. The van der Waals surface area contributed by atoms with Crippen LogP contribution in [-0.2, 0) is 17.8 Å². The van der Waals surface area contributed by atoms with E-state index in [4.69, 9.17) is 9.72 Å². The van der Waals surface area contributed by atoms with Crippen LogP contribution in [0.25, 0.3) is 11.0 Å². The van der Waals surface area contributed by atoms with Crippen LogP contribution in [0.3, 0.4) is 0 Å². The van der Waals surface area contributed by atoms with Gasteiger partial charge in [0.2, 0.25) is 5.91 Å². The molecule has 0 N–H and O–H groups in total. The number of aromatic nitrogens is 2. The molecule has 3 aromatic carbocycles. The summed E-state index contributed by atoms with van der Waals surface area (Å²) in [5.41, 5.74) is 4.28. The number of fused-ring (bicyclic) bond motifs is 1. The van der Waals surface area contributed by atoms with E-state index in [0.717, 1.165) is 41.3 Å². The van der Waals surface area contributed by atoms with Crippen molar-refractivity contribution in [3.63, 3.8) is 0 Å². The summed E-state index contributed by atoms with van der Waals surface area (Å²) in [6, 6.07) is 26.4. The Balaban J connectivity index is 1.46. The topological polar surface area (TPSA) is 47.4 Å². The summed E-state index contributed by atoms with van der Waals surface area (Å²) in [7, 11) is 1.64. The number of methoxy groups -OCH3 is 1. The lowest BCUT2D eigenvalue weighted by atomic mass is 10.1. The van der Waals surface area contributed by atoms with Crippen LogP contribution in [-0.4, -0.2) is 29.1 Å². The fraction of sp³-hybridized carbons (Fsp3) is 0.231. The van der Waals surface area contributed by atoms with Crippen molar-refractivity contribution >= 4 is 22.6 Å². The maximum Gasteiger partial charge on any atom is 0.227 e. The molecular formula is C26H25N3O2. The van der Waals surface area contributed by atoms with Gasteiger partial charge in [0.1, 0.15) is 11.6 Å². The Hall–Kier alpha value is -3.60. The van der Waals surface area contributed by atoms with Gasteiger partial charge in [0.05, 0.1) is 18.1 Å². The highest BCUT2D eigenvalue weighted by atomic mass is 16.5. The van der Waals surface area contributed by atoms with Crippen molar-refractivity contribution < 1.29 is 9.53 Å². The number of anilines is 1. The van der Waals surface area contributed by atoms with Crippen LogP contribution in [0.5, 0.6) is 5.75 Å². The summed E-state index contributed by atoms with van der Waals surface area (Å²) in [6.45, 7) is 1.46. The molecule has 156 valence electrons. The van der Waals surface area contributed by atoms with Crippen LogP contribution in [0.4, 0.5) is 5.69 Å². The molecule has 1 fully saturated rings. The standard InChI is InChI=1S/C26H25N3O2/c1-31-22-11-7-10-21(17-22)29-18-20(16-25(29)30)26-27-23-12-5-6-13-24(23)28(26)15-14-19-8-3-2-4-9-19/h2-13,17,20H,14-16,18H2,1H3/t20-/m1/s1. The van der Waals surface area contributed by atoms with Crippen molar-refractivity contribution in [2.75, 3.05) is 18.6 Å². The zero-order valence-electron chi connectivity index (χ0n) is 17.6. The van der Waals surface area contributed by atoms with Crippen molar-refractivity contribution in [3.8, 4) is 5.75 Å². The number of hydrogen-bond acceptors (Lipinski definition) is 3. The largest absolute Gasteiger partial charge is 0.497 e. The molecule has 0 unspecified atom stereocenters.